The van der Waals surface area contributed by atoms with Crippen molar-refractivity contribution in [3.63, 3.8) is 0 Å². The SMILES string of the molecule is Cc1nc(-c2cccc(NCc3cncs3)c2)n[nH]1. The van der Waals surface area contributed by atoms with Crippen molar-refractivity contribution >= 4 is 17.0 Å². The maximum atomic E-state index is 4.33. The van der Waals surface area contributed by atoms with Crippen LogP contribution in [-0.4, -0.2) is 20.2 Å². The van der Waals surface area contributed by atoms with Crippen molar-refractivity contribution in [1.29, 1.82) is 0 Å². The van der Waals surface area contributed by atoms with Crippen LogP contribution >= 0.6 is 11.3 Å². The normalized spacial score (nSPS) is 10.6. The topological polar surface area (TPSA) is 66.5 Å². The molecule has 1 aromatic carbocycles. The van der Waals surface area contributed by atoms with Crippen LogP contribution in [0.2, 0.25) is 0 Å². The van der Waals surface area contributed by atoms with E-state index in [1.165, 1.54) is 4.88 Å². The van der Waals surface area contributed by atoms with Crippen molar-refractivity contribution in [2.24, 2.45) is 0 Å². The van der Waals surface area contributed by atoms with Crippen molar-refractivity contribution in [3.05, 3.63) is 46.7 Å². The van der Waals surface area contributed by atoms with Crippen LogP contribution in [0.4, 0.5) is 5.69 Å². The highest BCUT2D eigenvalue weighted by Gasteiger charge is 2.04. The van der Waals surface area contributed by atoms with E-state index in [2.05, 4.69) is 25.5 Å². The van der Waals surface area contributed by atoms with Gasteiger partial charge in [0.25, 0.3) is 0 Å². The largest absolute Gasteiger partial charge is 0.380 e. The summed E-state index contributed by atoms with van der Waals surface area (Å²) in [6, 6.07) is 8.07. The van der Waals surface area contributed by atoms with E-state index >= 15 is 0 Å². The van der Waals surface area contributed by atoms with Gasteiger partial charge in [-0.25, -0.2) is 4.98 Å². The van der Waals surface area contributed by atoms with Gasteiger partial charge in [0.05, 0.1) is 12.1 Å². The van der Waals surface area contributed by atoms with E-state index in [9.17, 15) is 0 Å². The fraction of sp³-hybridized carbons (Fsp3) is 0.154. The number of aromatic nitrogens is 4. The lowest BCUT2D eigenvalue weighted by atomic mass is 10.2. The van der Waals surface area contributed by atoms with E-state index in [1.54, 1.807) is 11.3 Å². The number of nitrogens with zero attached hydrogens (tertiary/aromatic N) is 3. The van der Waals surface area contributed by atoms with Crippen molar-refractivity contribution in [1.82, 2.24) is 20.2 Å². The van der Waals surface area contributed by atoms with Gasteiger partial charge in [-0.3, -0.25) is 10.1 Å². The van der Waals surface area contributed by atoms with Crippen LogP contribution in [0.15, 0.2) is 36.0 Å². The molecule has 19 heavy (non-hydrogen) atoms. The van der Waals surface area contributed by atoms with Crippen LogP contribution in [0.1, 0.15) is 10.7 Å². The third-order valence-electron chi connectivity index (χ3n) is 2.67. The third kappa shape index (κ3) is 2.79. The summed E-state index contributed by atoms with van der Waals surface area (Å²) in [4.78, 5) is 9.59. The van der Waals surface area contributed by atoms with Gasteiger partial charge >= 0.3 is 0 Å². The Balaban J connectivity index is 1.76. The molecule has 0 amide bonds. The number of H-pyrrole nitrogens is 1. The van der Waals surface area contributed by atoms with Crippen LogP contribution in [-0.2, 0) is 6.54 Å². The molecule has 5 nitrogen and oxygen atoms in total. The quantitative estimate of drug-likeness (QED) is 0.765. The Bertz CT molecular complexity index is 659. The minimum atomic E-state index is 0.721. The summed E-state index contributed by atoms with van der Waals surface area (Å²) in [5.41, 5.74) is 3.89. The molecule has 96 valence electrons. The number of rotatable bonds is 4. The average molecular weight is 271 g/mol. The number of aromatic amines is 1. The molecule has 0 spiro atoms. The summed E-state index contributed by atoms with van der Waals surface area (Å²) in [7, 11) is 0. The fourth-order valence-corrected chi connectivity index (χ4v) is 2.29. The molecule has 0 radical (unpaired) electrons. The predicted molar refractivity (Wildman–Crippen MR) is 76.0 cm³/mol. The molecule has 2 N–H and O–H groups in total. The molecule has 2 aromatic heterocycles. The van der Waals surface area contributed by atoms with Crippen molar-refractivity contribution < 1.29 is 0 Å². The lowest BCUT2D eigenvalue weighted by molar-refractivity contribution is 1.04. The Morgan fingerprint density at radius 2 is 2.32 bits per heavy atom. The molecule has 0 saturated carbocycles. The first-order valence-electron chi connectivity index (χ1n) is 5.92. The number of aryl methyl sites for hydroxylation is 1. The van der Waals surface area contributed by atoms with Gasteiger partial charge in [-0.15, -0.1) is 11.3 Å². The van der Waals surface area contributed by atoms with Crippen LogP contribution in [0.3, 0.4) is 0 Å². The minimum Gasteiger partial charge on any atom is -0.380 e. The average Bonchev–Trinajstić information content (AvgIpc) is 3.08. The Morgan fingerprint density at radius 3 is 3.05 bits per heavy atom. The molecule has 0 aliphatic rings. The van der Waals surface area contributed by atoms with Crippen molar-refractivity contribution in [2.45, 2.75) is 13.5 Å². The second kappa shape index (κ2) is 5.19. The molecule has 2 heterocycles. The smallest absolute Gasteiger partial charge is 0.181 e. The second-order valence-electron chi connectivity index (χ2n) is 4.15. The van der Waals surface area contributed by atoms with E-state index < -0.39 is 0 Å². The van der Waals surface area contributed by atoms with E-state index in [1.807, 2.05) is 42.9 Å². The molecule has 0 bridgehead atoms. The molecule has 0 saturated heterocycles. The number of anilines is 1. The first-order chi connectivity index (χ1) is 9.31. The summed E-state index contributed by atoms with van der Waals surface area (Å²) < 4.78 is 0. The van der Waals surface area contributed by atoms with E-state index in [0.717, 1.165) is 29.4 Å². The predicted octanol–water partition coefficient (Wildman–Crippen LogP) is 2.85. The lowest BCUT2D eigenvalue weighted by Gasteiger charge is -2.05. The summed E-state index contributed by atoms with van der Waals surface area (Å²) in [6.07, 6.45) is 1.88. The lowest BCUT2D eigenvalue weighted by Crippen LogP contribution is -1.97. The highest BCUT2D eigenvalue weighted by atomic mass is 32.1. The molecule has 3 aromatic rings. The van der Waals surface area contributed by atoms with Gasteiger partial charge in [0, 0.05) is 22.3 Å². The van der Waals surface area contributed by atoms with Gasteiger partial charge in [-0.05, 0) is 19.1 Å². The van der Waals surface area contributed by atoms with Crippen LogP contribution < -0.4 is 5.32 Å². The van der Waals surface area contributed by atoms with Crippen LogP contribution in [0.5, 0.6) is 0 Å². The maximum Gasteiger partial charge on any atom is 0.181 e. The molecule has 0 atom stereocenters. The highest BCUT2D eigenvalue weighted by Crippen LogP contribution is 2.20. The minimum absolute atomic E-state index is 0.721. The summed E-state index contributed by atoms with van der Waals surface area (Å²) >= 11 is 1.64. The molecule has 0 fully saturated rings. The zero-order valence-corrected chi connectivity index (χ0v) is 11.2. The Kier molecular flexibility index (Phi) is 3.24. The summed E-state index contributed by atoms with van der Waals surface area (Å²) in [5.74, 6) is 1.54. The molecule has 3 rings (SSSR count). The summed E-state index contributed by atoms with van der Waals surface area (Å²) in [6.45, 7) is 2.67. The van der Waals surface area contributed by atoms with E-state index in [4.69, 9.17) is 0 Å². The molecule has 0 aliphatic heterocycles. The van der Waals surface area contributed by atoms with Crippen LogP contribution in [0.25, 0.3) is 11.4 Å². The molecule has 0 unspecified atom stereocenters. The molecule has 6 heteroatoms. The molecule has 0 aliphatic carbocycles. The number of benzene rings is 1. The molecular formula is C13H13N5S. The number of thiazole rings is 1. The van der Waals surface area contributed by atoms with Crippen LogP contribution in [0, 0.1) is 6.92 Å². The Hall–Kier alpha value is -2.21. The van der Waals surface area contributed by atoms with Gasteiger partial charge in [0.15, 0.2) is 5.82 Å². The third-order valence-corrected chi connectivity index (χ3v) is 3.45. The van der Waals surface area contributed by atoms with Gasteiger partial charge in [-0.2, -0.15) is 5.10 Å². The zero-order valence-electron chi connectivity index (χ0n) is 10.4. The van der Waals surface area contributed by atoms with Crippen molar-refractivity contribution in [2.75, 3.05) is 5.32 Å². The van der Waals surface area contributed by atoms with Gasteiger partial charge < -0.3 is 5.32 Å². The number of hydrogen-bond acceptors (Lipinski definition) is 5. The maximum absolute atomic E-state index is 4.33. The van der Waals surface area contributed by atoms with Gasteiger partial charge in [0.2, 0.25) is 0 Å². The number of nitrogens with one attached hydrogen (secondary N) is 2. The Morgan fingerprint density at radius 1 is 1.37 bits per heavy atom. The Labute approximate surface area is 114 Å². The van der Waals surface area contributed by atoms with Crippen molar-refractivity contribution in [3.8, 4) is 11.4 Å². The first kappa shape index (κ1) is 11.9. The first-order valence-corrected chi connectivity index (χ1v) is 6.80. The second-order valence-corrected chi connectivity index (χ2v) is 5.12. The summed E-state index contributed by atoms with van der Waals surface area (Å²) in [5, 5.41) is 10.4. The number of hydrogen-bond donors (Lipinski definition) is 2. The van der Waals surface area contributed by atoms with Gasteiger partial charge in [0.1, 0.15) is 5.82 Å². The fourth-order valence-electron chi connectivity index (χ4n) is 1.76. The molecular weight excluding hydrogens is 258 g/mol. The zero-order chi connectivity index (χ0) is 13.1. The highest BCUT2D eigenvalue weighted by molar-refractivity contribution is 7.09. The van der Waals surface area contributed by atoms with Gasteiger partial charge in [-0.1, -0.05) is 12.1 Å². The standard InChI is InChI=1S/C13H13N5S/c1-9-16-13(18-17-9)10-3-2-4-11(5-10)15-7-12-6-14-8-19-12/h2-6,8,15H,7H2,1H3,(H,16,17,18). The van der Waals surface area contributed by atoms with E-state index in [-0.39, 0.29) is 0 Å². The van der Waals surface area contributed by atoms with E-state index in [0.29, 0.717) is 0 Å². The monoisotopic (exact) mass is 271 g/mol.